The molecule has 2 atom stereocenters. The van der Waals surface area contributed by atoms with Crippen molar-refractivity contribution in [2.75, 3.05) is 33.0 Å². The van der Waals surface area contributed by atoms with Crippen LogP contribution in [0, 0.1) is 0 Å². The Kier molecular flexibility index (Phi) is 33.6. The van der Waals surface area contributed by atoms with E-state index in [4.69, 9.17) is 24.3 Å². The number of nitrogens with two attached hydrogens (primary N) is 1. The second-order valence-corrected chi connectivity index (χ2v) is 13.2. The minimum Gasteiger partial charge on any atom is -0.457 e. The van der Waals surface area contributed by atoms with Crippen LogP contribution in [0.15, 0.2) is 48.6 Å². The van der Waals surface area contributed by atoms with Crippen LogP contribution in [-0.4, -0.2) is 49.9 Å². The standard InChI is InChI=1S/C37H68NO7P/c1-3-5-7-9-11-13-15-17-19-21-23-25-27-29-32-42-34-36(35-44-46(40,41)43-33-31-38)45-37(39)30-28-26-24-22-20-18-16-14-12-10-8-6-4-2/h6,8,12-15,18,20,36H,3-5,7,9-11,16-17,19,21-35,38H2,1-2H3,(H,40,41)/b8-6-,14-12-,15-13-,20-18-. The Labute approximate surface area is 281 Å². The monoisotopic (exact) mass is 669 g/mol. The number of phosphoric acid groups is 1. The molecule has 2 unspecified atom stereocenters. The zero-order chi connectivity index (χ0) is 33.8. The molecule has 0 saturated heterocycles. The first-order chi connectivity index (χ1) is 22.4. The van der Waals surface area contributed by atoms with Gasteiger partial charge in [-0.3, -0.25) is 13.8 Å². The van der Waals surface area contributed by atoms with Crippen LogP contribution < -0.4 is 5.73 Å². The lowest BCUT2D eigenvalue weighted by Crippen LogP contribution is -2.28. The van der Waals surface area contributed by atoms with Gasteiger partial charge >= 0.3 is 13.8 Å². The Hall–Kier alpha value is -1.54. The van der Waals surface area contributed by atoms with Crippen molar-refractivity contribution in [1.82, 2.24) is 0 Å². The summed E-state index contributed by atoms with van der Waals surface area (Å²) in [6, 6.07) is 0. The molecule has 0 radical (unpaired) electrons. The summed E-state index contributed by atoms with van der Waals surface area (Å²) in [5.41, 5.74) is 5.34. The Morgan fingerprint density at radius 2 is 1.22 bits per heavy atom. The largest absolute Gasteiger partial charge is 0.472 e. The number of carbonyl (C=O) groups is 1. The summed E-state index contributed by atoms with van der Waals surface area (Å²) >= 11 is 0. The summed E-state index contributed by atoms with van der Waals surface area (Å²) in [6.45, 7) is 4.71. The molecule has 0 aliphatic rings. The Morgan fingerprint density at radius 3 is 1.85 bits per heavy atom. The highest BCUT2D eigenvalue weighted by Gasteiger charge is 2.25. The van der Waals surface area contributed by atoms with Gasteiger partial charge in [-0.25, -0.2) is 4.57 Å². The molecule has 0 aromatic carbocycles. The number of hydrogen-bond donors (Lipinski definition) is 2. The fourth-order valence-electron chi connectivity index (χ4n) is 4.59. The minimum absolute atomic E-state index is 0.0927. The van der Waals surface area contributed by atoms with Crippen LogP contribution in [0.25, 0.3) is 0 Å². The van der Waals surface area contributed by atoms with Crippen molar-refractivity contribution in [2.45, 2.75) is 148 Å². The third-order valence-electron chi connectivity index (χ3n) is 7.23. The first kappa shape index (κ1) is 44.5. The molecular weight excluding hydrogens is 601 g/mol. The van der Waals surface area contributed by atoms with Gasteiger partial charge in [-0.1, -0.05) is 114 Å². The molecule has 0 spiro atoms. The summed E-state index contributed by atoms with van der Waals surface area (Å²) in [5.74, 6) is -0.364. The van der Waals surface area contributed by atoms with Crippen molar-refractivity contribution in [3.8, 4) is 0 Å². The van der Waals surface area contributed by atoms with E-state index in [1.54, 1.807) is 0 Å². The molecule has 0 bridgehead atoms. The highest BCUT2D eigenvalue weighted by Crippen LogP contribution is 2.43. The van der Waals surface area contributed by atoms with Crippen LogP contribution in [0.2, 0.25) is 0 Å². The lowest BCUT2D eigenvalue weighted by Gasteiger charge is -2.20. The SMILES string of the molecule is CC/C=C\C/C=C\C/C=C\CCCCCC(=O)OC(COCCCCCCCC/C=C\CCCCCC)COP(=O)(O)OCCN. The maximum absolute atomic E-state index is 12.5. The van der Waals surface area contributed by atoms with E-state index in [2.05, 4.69) is 62.5 Å². The number of unbranched alkanes of at least 4 members (excludes halogenated alkanes) is 13. The van der Waals surface area contributed by atoms with Crippen LogP contribution in [0.5, 0.6) is 0 Å². The molecule has 0 saturated carbocycles. The molecule has 0 aromatic heterocycles. The van der Waals surface area contributed by atoms with E-state index >= 15 is 0 Å². The van der Waals surface area contributed by atoms with Crippen LogP contribution in [0.4, 0.5) is 0 Å². The highest BCUT2D eigenvalue weighted by molar-refractivity contribution is 7.47. The summed E-state index contributed by atoms with van der Waals surface area (Å²) in [6.07, 6.45) is 38.4. The zero-order valence-corrected chi connectivity index (χ0v) is 30.2. The van der Waals surface area contributed by atoms with E-state index < -0.39 is 13.9 Å². The molecule has 0 aliphatic carbocycles. The summed E-state index contributed by atoms with van der Waals surface area (Å²) in [4.78, 5) is 22.3. The van der Waals surface area contributed by atoms with E-state index in [-0.39, 0.29) is 38.8 Å². The van der Waals surface area contributed by atoms with Gasteiger partial charge in [0.1, 0.15) is 6.10 Å². The molecule has 268 valence electrons. The Balaban J connectivity index is 4.18. The Morgan fingerprint density at radius 1 is 0.674 bits per heavy atom. The molecule has 3 N–H and O–H groups in total. The van der Waals surface area contributed by atoms with Gasteiger partial charge in [0.15, 0.2) is 0 Å². The molecule has 0 rings (SSSR count). The zero-order valence-electron chi connectivity index (χ0n) is 29.3. The fourth-order valence-corrected chi connectivity index (χ4v) is 5.36. The van der Waals surface area contributed by atoms with Crippen LogP contribution in [-0.2, 0) is 27.9 Å². The third-order valence-corrected chi connectivity index (χ3v) is 8.21. The summed E-state index contributed by atoms with van der Waals surface area (Å²) in [7, 11) is -4.28. The molecule has 9 heteroatoms. The molecule has 0 fully saturated rings. The number of ether oxygens (including phenoxy) is 2. The maximum atomic E-state index is 12.5. The number of allylic oxidation sites excluding steroid dienone is 8. The second-order valence-electron chi connectivity index (χ2n) is 11.7. The molecular formula is C37H68NO7P. The van der Waals surface area contributed by atoms with Crippen molar-refractivity contribution in [2.24, 2.45) is 5.73 Å². The summed E-state index contributed by atoms with van der Waals surface area (Å²) in [5, 5.41) is 0. The number of esters is 1. The fraction of sp³-hybridized carbons (Fsp3) is 0.757. The first-order valence-corrected chi connectivity index (χ1v) is 19.6. The van der Waals surface area contributed by atoms with Crippen LogP contribution in [0.1, 0.15) is 142 Å². The summed E-state index contributed by atoms with van der Waals surface area (Å²) < 4.78 is 33.2. The smallest absolute Gasteiger partial charge is 0.457 e. The first-order valence-electron chi connectivity index (χ1n) is 18.1. The maximum Gasteiger partial charge on any atom is 0.472 e. The van der Waals surface area contributed by atoms with Crippen LogP contribution in [0.3, 0.4) is 0 Å². The predicted octanol–water partition coefficient (Wildman–Crippen LogP) is 10.1. The average molecular weight is 670 g/mol. The molecule has 0 amide bonds. The van der Waals surface area contributed by atoms with E-state index in [0.717, 1.165) is 57.8 Å². The topological polar surface area (TPSA) is 117 Å². The number of carbonyl (C=O) groups excluding carboxylic acids is 1. The van der Waals surface area contributed by atoms with E-state index in [1.165, 1.54) is 64.2 Å². The number of rotatable bonds is 34. The van der Waals surface area contributed by atoms with Crippen molar-refractivity contribution >= 4 is 13.8 Å². The van der Waals surface area contributed by atoms with E-state index in [1.807, 2.05) is 0 Å². The van der Waals surface area contributed by atoms with Crippen molar-refractivity contribution in [3.05, 3.63) is 48.6 Å². The quantitative estimate of drug-likeness (QED) is 0.0301. The van der Waals surface area contributed by atoms with Gasteiger partial charge in [0.25, 0.3) is 0 Å². The van der Waals surface area contributed by atoms with Gasteiger partial charge in [0.05, 0.1) is 19.8 Å². The van der Waals surface area contributed by atoms with Gasteiger partial charge in [0, 0.05) is 19.6 Å². The highest BCUT2D eigenvalue weighted by atomic mass is 31.2. The van der Waals surface area contributed by atoms with Crippen molar-refractivity contribution < 1.29 is 32.8 Å². The molecule has 8 nitrogen and oxygen atoms in total. The normalized spacial score (nSPS) is 14.3. The third kappa shape index (κ3) is 33.8. The van der Waals surface area contributed by atoms with Gasteiger partial charge in [-0.15, -0.1) is 0 Å². The van der Waals surface area contributed by atoms with Gasteiger partial charge in [-0.2, -0.15) is 0 Å². The van der Waals surface area contributed by atoms with Crippen LogP contribution >= 0.6 is 7.82 Å². The lowest BCUT2D eigenvalue weighted by molar-refractivity contribution is -0.154. The second kappa shape index (κ2) is 34.8. The average Bonchev–Trinajstić information content (AvgIpc) is 3.04. The van der Waals surface area contributed by atoms with E-state index in [9.17, 15) is 14.3 Å². The van der Waals surface area contributed by atoms with Crippen molar-refractivity contribution in [3.63, 3.8) is 0 Å². The van der Waals surface area contributed by atoms with Crippen molar-refractivity contribution in [1.29, 1.82) is 0 Å². The molecule has 0 heterocycles. The van der Waals surface area contributed by atoms with Gasteiger partial charge in [-0.05, 0) is 70.6 Å². The predicted molar refractivity (Wildman–Crippen MR) is 192 cm³/mol. The van der Waals surface area contributed by atoms with Gasteiger partial charge in [0.2, 0.25) is 0 Å². The van der Waals surface area contributed by atoms with E-state index in [0.29, 0.717) is 6.61 Å². The molecule has 0 aliphatic heterocycles. The Bertz CT molecular complexity index is 844. The molecule has 46 heavy (non-hydrogen) atoms. The molecule has 0 aromatic rings. The number of hydrogen-bond acceptors (Lipinski definition) is 7. The minimum atomic E-state index is -4.28. The lowest BCUT2D eigenvalue weighted by atomic mass is 10.1. The van der Waals surface area contributed by atoms with Gasteiger partial charge < -0.3 is 20.1 Å². The number of phosphoric ester groups is 1.